The minimum absolute atomic E-state index is 0.0382. The van der Waals surface area contributed by atoms with E-state index in [1.54, 1.807) is 6.20 Å². The molecule has 2 aromatic heterocycles. The maximum absolute atomic E-state index is 12.4. The Kier molecular flexibility index (Phi) is 5.33. The van der Waals surface area contributed by atoms with Crippen molar-refractivity contribution in [1.29, 1.82) is 0 Å². The Bertz CT molecular complexity index is 680. The van der Waals surface area contributed by atoms with Crippen LogP contribution in [0.2, 0.25) is 0 Å². The average molecular weight is 347 g/mol. The lowest BCUT2D eigenvalue weighted by Gasteiger charge is -2.17. The molecule has 1 atom stereocenters. The Morgan fingerprint density at radius 2 is 2.12 bits per heavy atom. The van der Waals surface area contributed by atoms with Crippen LogP contribution in [0.5, 0.6) is 0 Å². The molecule has 0 bridgehead atoms. The molecule has 0 spiro atoms. The third-order valence-electron chi connectivity index (χ3n) is 4.54. The molecular weight excluding hydrogens is 320 g/mol. The SMILES string of the molecule is CC(C)c1nccn1C(C)C(=O)NCCc1nc2c(s1)CCCC2. The van der Waals surface area contributed by atoms with Gasteiger partial charge in [0.2, 0.25) is 5.91 Å². The van der Waals surface area contributed by atoms with Gasteiger partial charge >= 0.3 is 0 Å². The van der Waals surface area contributed by atoms with Crippen molar-refractivity contribution in [3.63, 3.8) is 0 Å². The van der Waals surface area contributed by atoms with Crippen molar-refractivity contribution in [2.75, 3.05) is 6.54 Å². The van der Waals surface area contributed by atoms with Gasteiger partial charge in [0.1, 0.15) is 11.9 Å². The molecule has 5 nitrogen and oxygen atoms in total. The van der Waals surface area contributed by atoms with Crippen molar-refractivity contribution in [2.24, 2.45) is 0 Å². The van der Waals surface area contributed by atoms with Crippen molar-refractivity contribution >= 4 is 17.2 Å². The lowest BCUT2D eigenvalue weighted by Crippen LogP contribution is -2.33. The van der Waals surface area contributed by atoms with Crippen LogP contribution in [-0.4, -0.2) is 27.0 Å². The highest BCUT2D eigenvalue weighted by Gasteiger charge is 2.19. The van der Waals surface area contributed by atoms with Gasteiger partial charge < -0.3 is 9.88 Å². The van der Waals surface area contributed by atoms with Crippen LogP contribution in [0.1, 0.15) is 67.0 Å². The van der Waals surface area contributed by atoms with E-state index in [-0.39, 0.29) is 11.9 Å². The van der Waals surface area contributed by atoms with Gasteiger partial charge in [-0.1, -0.05) is 13.8 Å². The third kappa shape index (κ3) is 3.69. The first-order valence-corrected chi connectivity index (χ1v) is 9.65. The van der Waals surface area contributed by atoms with Gasteiger partial charge in [-0.2, -0.15) is 0 Å². The van der Waals surface area contributed by atoms with E-state index in [1.807, 2.05) is 29.0 Å². The molecule has 2 aromatic rings. The Morgan fingerprint density at radius 3 is 2.88 bits per heavy atom. The second-order valence-corrected chi connectivity index (χ2v) is 7.92. The molecule has 0 fully saturated rings. The van der Waals surface area contributed by atoms with Crippen molar-refractivity contribution in [1.82, 2.24) is 19.9 Å². The van der Waals surface area contributed by atoms with Gasteiger partial charge in [-0.25, -0.2) is 9.97 Å². The van der Waals surface area contributed by atoms with E-state index in [4.69, 9.17) is 4.98 Å². The first-order chi connectivity index (χ1) is 11.6. The molecule has 130 valence electrons. The fraction of sp³-hybridized carbons (Fsp3) is 0.611. The quantitative estimate of drug-likeness (QED) is 0.873. The van der Waals surface area contributed by atoms with Crippen LogP contribution in [0.25, 0.3) is 0 Å². The second kappa shape index (κ2) is 7.47. The molecule has 3 rings (SSSR count). The van der Waals surface area contributed by atoms with E-state index in [0.29, 0.717) is 12.5 Å². The monoisotopic (exact) mass is 346 g/mol. The van der Waals surface area contributed by atoms with Crippen LogP contribution < -0.4 is 5.32 Å². The molecule has 1 unspecified atom stereocenters. The number of carbonyl (C=O) groups excluding carboxylic acids is 1. The number of fused-ring (bicyclic) bond motifs is 1. The molecule has 1 amide bonds. The van der Waals surface area contributed by atoms with Gasteiger partial charge in [-0.05, 0) is 32.6 Å². The minimum atomic E-state index is -0.241. The number of aryl methyl sites for hydroxylation is 2. The number of nitrogens with one attached hydrogen (secondary N) is 1. The van der Waals surface area contributed by atoms with Crippen LogP contribution in [0, 0.1) is 0 Å². The lowest BCUT2D eigenvalue weighted by molar-refractivity contribution is -0.123. The summed E-state index contributed by atoms with van der Waals surface area (Å²) in [4.78, 5) is 23.0. The number of aromatic nitrogens is 3. The topological polar surface area (TPSA) is 59.8 Å². The van der Waals surface area contributed by atoms with Crippen LogP contribution in [-0.2, 0) is 24.1 Å². The van der Waals surface area contributed by atoms with Crippen LogP contribution in [0.3, 0.4) is 0 Å². The number of rotatable bonds is 6. The smallest absolute Gasteiger partial charge is 0.242 e. The molecule has 6 heteroatoms. The average Bonchev–Trinajstić information content (AvgIpc) is 3.20. The fourth-order valence-corrected chi connectivity index (χ4v) is 4.33. The Hall–Kier alpha value is -1.69. The molecular formula is C18H26N4OS. The summed E-state index contributed by atoms with van der Waals surface area (Å²) in [5, 5.41) is 4.20. The zero-order valence-electron chi connectivity index (χ0n) is 14.7. The Morgan fingerprint density at radius 1 is 1.33 bits per heavy atom. The van der Waals surface area contributed by atoms with Crippen LogP contribution in [0.4, 0.5) is 0 Å². The molecule has 1 aliphatic carbocycles. The molecule has 0 saturated carbocycles. The largest absolute Gasteiger partial charge is 0.354 e. The predicted molar refractivity (Wildman–Crippen MR) is 96.5 cm³/mol. The summed E-state index contributed by atoms with van der Waals surface area (Å²) in [5.74, 6) is 1.29. The number of hydrogen-bond acceptors (Lipinski definition) is 4. The minimum Gasteiger partial charge on any atom is -0.354 e. The highest BCUT2D eigenvalue weighted by molar-refractivity contribution is 7.11. The van der Waals surface area contributed by atoms with E-state index < -0.39 is 0 Å². The van der Waals surface area contributed by atoms with Gasteiger partial charge in [0.25, 0.3) is 0 Å². The zero-order valence-corrected chi connectivity index (χ0v) is 15.5. The normalized spacial score (nSPS) is 15.3. The van der Waals surface area contributed by atoms with Crippen LogP contribution >= 0.6 is 11.3 Å². The predicted octanol–water partition coefficient (Wildman–Crippen LogP) is 3.26. The van der Waals surface area contributed by atoms with Gasteiger partial charge in [0.15, 0.2) is 0 Å². The Balaban J connectivity index is 1.53. The summed E-state index contributed by atoms with van der Waals surface area (Å²) in [6, 6.07) is -0.241. The lowest BCUT2D eigenvalue weighted by atomic mass is 10.0. The highest BCUT2D eigenvalue weighted by Crippen LogP contribution is 2.26. The van der Waals surface area contributed by atoms with Gasteiger partial charge in [0.05, 0.1) is 10.7 Å². The molecule has 24 heavy (non-hydrogen) atoms. The van der Waals surface area contributed by atoms with E-state index in [0.717, 1.165) is 23.7 Å². The van der Waals surface area contributed by atoms with Crippen molar-refractivity contribution in [3.05, 3.63) is 33.8 Å². The summed E-state index contributed by atoms with van der Waals surface area (Å²) < 4.78 is 1.96. The highest BCUT2D eigenvalue weighted by atomic mass is 32.1. The molecule has 1 aliphatic rings. The van der Waals surface area contributed by atoms with Gasteiger partial charge in [-0.15, -0.1) is 11.3 Å². The molecule has 0 saturated heterocycles. The summed E-state index contributed by atoms with van der Waals surface area (Å²) in [7, 11) is 0. The van der Waals surface area contributed by atoms with E-state index >= 15 is 0 Å². The summed E-state index contributed by atoms with van der Waals surface area (Å²) in [5.41, 5.74) is 1.29. The standard InChI is InChI=1S/C18H26N4OS/c1-12(2)17-19-10-11-22(17)13(3)18(23)20-9-8-16-21-14-6-4-5-7-15(14)24-16/h10-13H,4-9H2,1-3H3,(H,20,23). The number of hydrogen-bond donors (Lipinski definition) is 1. The van der Waals surface area contributed by atoms with Crippen molar-refractivity contribution < 1.29 is 4.79 Å². The maximum atomic E-state index is 12.4. The summed E-state index contributed by atoms with van der Waals surface area (Å²) in [6.45, 7) is 6.74. The number of thiazole rings is 1. The second-order valence-electron chi connectivity index (χ2n) is 6.75. The fourth-order valence-electron chi connectivity index (χ4n) is 3.18. The first-order valence-electron chi connectivity index (χ1n) is 8.84. The molecule has 0 aliphatic heterocycles. The maximum Gasteiger partial charge on any atom is 0.242 e. The van der Waals surface area contributed by atoms with E-state index in [9.17, 15) is 4.79 Å². The summed E-state index contributed by atoms with van der Waals surface area (Å²) >= 11 is 1.82. The molecule has 0 aromatic carbocycles. The number of nitrogens with zero attached hydrogens (tertiary/aromatic N) is 3. The molecule has 0 radical (unpaired) electrons. The van der Waals surface area contributed by atoms with E-state index in [1.165, 1.54) is 29.8 Å². The van der Waals surface area contributed by atoms with E-state index in [2.05, 4.69) is 24.1 Å². The molecule has 1 N–H and O–H groups in total. The number of imidazole rings is 1. The number of amides is 1. The van der Waals surface area contributed by atoms with Gasteiger partial charge in [-0.3, -0.25) is 4.79 Å². The first kappa shape index (κ1) is 17.1. The van der Waals surface area contributed by atoms with Gasteiger partial charge in [0, 0.05) is 36.2 Å². The zero-order chi connectivity index (χ0) is 17.1. The molecule has 2 heterocycles. The number of carbonyl (C=O) groups is 1. The third-order valence-corrected chi connectivity index (χ3v) is 5.76. The van der Waals surface area contributed by atoms with Crippen LogP contribution in [0.15, 0.2) is 12.4 Å². The van der Waals surface area contributed by atoms with Crippen molar-refractivity contribution in [3.8, 4) is 0 Å². The Labute approximate surface area is 147 Å². The van der Waals surface area contributed by atoms with Crippen molar-refractivity contribution in [2.45, 2.75) is 64.8 Å². The summed E-state index contributed by atoms with van der Waals surface area (Å²) in [6.07, 6.45) is 9.30.